The van der Waals surface area contributed by atoms with Crippen LogP contribution in [0, 0.1) is 5.82 Å². The lowest BCUT2D eigenvalue weighted by Gasteiger charge is -2.24. The van der Waals surface area contributed by atoms with Gasteiger partial charge in [-0.3, -0.25) is 14.7 Å². The van der Waals surface area contributed by atoms with Gasteiger partial charge in [-0.25, -0.2) is 21.2 Å². The molecule has 1 atom stereocenters. The number of amidine groups is 1. The van der Waals surface area contributed by atoms with Crippen molar-refractivity contribution in [1.82, 2.24) is 4.72 Å². The Bertz CT molecular complexity index is 1600. The van der Waals surface area contributed by atoms with Gasteiger partial charge in [-0.15, -0.1) is 0 Å². The quantitative estimate of drug-likeness (QED) is 0.295. The smallest absolute Gasteiger partial charge is 0.263 e. The number of anilines is 1. The van der Waals surface area contributed by atoms with Crippen molar-refractivity contribution in [3.63, 3.8) is 0 Å². The zero-order chi connectivity index (χ0) is 27.5. The molecule has 8 nitrogen and oxygen atoms in total. The molecule has 1 heterocycles. The number of sulfonamides is 1. The summed E-state index contributed by atoms with van der Waals surface area (Å²) in [5.74, 6) is -0.893. The molecular weight excluding hydrogens is 574 g/mol. The maximum absolute atomic E-state index is 14.9. The average molecular weight is 598 g/mol. The average Bonchev–Trinajstić information content (AvgIpc) is 3.29. The van der Waals surface area contributed by atoms with Crippen molar-refractivity contribution < 1.29 is 21.2 Å². The second-order valence-electron chi connectivity index (χ2n) is 8.53. The maximum atomic E-state index is 14.9. The molecule has 1 aliphatic heterocycles. The lowest BCUT2D eigenvalue weighted by atomic mass is 10.0. The van der Waals surface area contributed by atoms with Gasteiger partial charge in [-0.2, -0.15) is 5.10 Å². The number of hydrogen-bond acceptors (Lipinski definition) is 7. The number of hydrogen-bond donors (Lipinski definition) is 1. The minimum Gasteiger partial charge on any atom is -0.265 e. The number of aliphatic imine (C=N–C) groups is 1. The van der Waals surface area contributed by atoms with Gasteiger partial charge in [0.1, 0.15) is 21.4 Å². The number of benzene rings is 3. The summed E-state index contributed by atoms with van der Waals surface area (Å²) >= 11 is 11.9. The zero-order valence-corrected chi connectivity index (χ0v) is 23.2. The molecule has 38 heavy (non-hydrogen) atoms. The van der Waals surface area contributed by atoms with Gasteiger partial charge in [0.2, 0.25) is 0 Å². The Hall–Kier alpha value is -2.99. The highest BCUT2D eigenvalue weighted by Crippen LogP contribution is 2.37. The number of sulfone groups is 1. The standard InChI is InChI=1S/C25H23Cl2FN4O4S2/c1-37(33,34)15-14-29-25(31-38(35,36)20-12-8-18(27)9-13-20)23-16-24(21-4-2-3-5-22(21)28)32(30-23)19-10-6-17(26)7-11-19/h2-13,24H,14-16H2,1H3,(H,29,31). The third-order valence-corrected chi connectivity index (χ3v) is 8.41. The van der Waals surface area contributed by atoms with Crippen LogP contribution in [0.5, 0.6) is 0 Å². The molecule has 3 aromatic carbocycles. The molecule has 200 valence electrons. The molecule has 0 saturated carbocycles. The predicted octanol–water partition coefficient (Wildman–Crippen LogP) is 4.86. The Morgan fingerprint density at radius 1 is 1.00 bits per heavy atom. The summed E-state index contributed by atoms with van der Waals surface area (Å²) in [6, 6.07) is 17.9. The normalized spacial score (nSPS) is 16.4. The van der Waals surface area contributed by atoms with E-state index in [0.29, 0.717) is 21.3 Å². The molecule has 0 bridgehead atoms. The summed E-state index contributed by atoms with van der Waals surface area (Å²) in [6.07, 6.45) is 1.15. The van der Waals surface area contributed by atoms with E-state index in [0.717, 1.165) is 6.26 Å². The Balaban J connectivity index is 1.76. The van der Waals surface area contributed by atoms with Crippen LogP contribution >= 0.6 is 23.2 Å². The van der Waals surface area contributed by atoms with Gasteiger partial charge < -0.3 is 0 Å². The van der Waals surface area contributed by atoms with E-state index >= 15 is 0 Å². The number of halogens is 3. The van der Waals surface area contributed by atoms with Crippen molar-refractivity contribution in [2.45, 2.75) is 17.4 Å². The summed E-state index contributed by atoms with van der Waals surface area (Å²) in [7, 11) is -7.51. The minimum atomic E-state index is -4.14. The summed E-state index contributed by atoms with van der Waals surface area (Å²) in [4.78, 5) is 4.19. The first-order valence-electron chi connectivity index (χ1n) is 11.3. The highest BCUT2D eigenvalue weighted by atomic mass is 35.5. The van der Waals surface area contributed by atoms with Crippen LogP contribution in [0.3, 0.4) is 0 Å². The van der Waals surface area contributed by atoms with Crippen LogP contribution in [-0.2, 0) is 19.9 Å². The second kappa shape index (κ2) is 11.4. The van der Waals surface area contributed by atoms with E-state index in [-0.39, 0.29) is 35.2 Å². The maximum Gasteiger partial charge on any atom is 0.263 e. The first kappa shape index (κ1) is 28.0. The van der Waals surface area contributed by atoms with Crippen molar-refractivity contribution in [3.8, 4) is 0 Å². The van der Waals surface area contributed by atoms with Gasteiger partial charge in [-0.1, -0.05) is 41.4 Å². The first-order chi connectivity index (χ1) is 17.9. The van der Waals surface area contributed by atoms with E-state index in [1.807, 2.05) is 0 Å². The number of rotatable bonds is 8. The van der Waals surface area contributed by atoms with Crippen molar-refractivity contribution in [2.24, 2.45) is 10.1 Å². The van der Waals surface area contributed by atoms with Crippen LogP contribution < -0.4 is 9.73 Å². The lowest BCUT2D eigenvalue weighted by Crippen LogP contribution is -2.36. The highest BCUT2D eigenvalue weighted by molar-refractivity contribution is 7.90. The molecule has 0 aromatic heterocycles. The molecule has 0 radical (unpaired) electrons. The Labute approximate surface area is 230 Å². The monoisotopic (exact) mass is 596 g/mol. The molecule has 13 heteroatoms. The van der Waals surface area contributed by atoms with Crippen molar-refractivity contribution >= 4 is 60.3 Å². The van der Waals surface area contributed by atoms with Gasteiger partial charge in [0, 0.05) is 28.3 Å². The molecule has 0 saturated heterocycles. The Morgan fingerprint density at radius 2 is 1.61 bits per heavy atom. The highest BCUT2D eigenvalue weighted by Gasteiger charge is 2.34. The number of hydrazone groups is 1. The molecule has 0 aliphatic carbocycles. The molecule has 0 spiro atoms. The van der Waals surface area contributed by atoms with E-state index in [9.17, 15) is 21.2 Å². The van der Waals surface area contributed by atoms with Crippen molar-refractivity contribution in [2.75, 3.05) is 23.6 Å². The number of nitrogens with zero attached hydrogens (tertiary/aromatic N) is 3. The SMILES string of the molecule is CS(=O)(=O)CCN=C(NS(=O)(=O)c1ccc(Cl)cc1)C1=NN(c2ccc(Cl)cc2)C(c2ccccc2F)C1. The van der Waals surface area contributed by atoms with E-state index in [4.69, 9.17) is 23.2 Å². The van der Waals surface area contributed by atoms with E-state index in [2.05, 4.69) is 14.8 Å². The van der Waals surface area contributed by atoms with Gasteiger partial charge in [0.15, 0.2) is 5.84 Å². The van der Waals surface area contributed by atoms with E-state index < -0.39 is 31.7 Å². The Morgan fingerprint density at radius 3 is 2.21 bits per heavy atom. The second-order valence-corrected chi connectivity index (χ2v) is 13.3. The van der Waals surface area contributed by atoms with Crippen LogP contribution in [0.2, 0.25) is 10.0 Å². The topological polar surface area (TPSA) is 108 Å². The third-order valence-electron chi connectivity index (χ3n) is 5.63. The van der Waals surface area contributed by atoms with Crippen molar-refractivity contribution in [1.29, 1.82) is 0 Å². The molecule has 0 amide bonds. The van der Waals surface area contributed by atoms with Crippen LogP contribution in [0.4, 0.5) is 10.1 Å². The molecule has 0 fully saturated rings. The van der Waals surface area contributed by atoms with Crippen molar-refractivity contribution in [3.05, 3.63) is 94.2 Å². The van der Waals surface area contributed by atoms with E-state index in [1.165, 1.54) is 30.3 Å². The summed E-state index contributed by atoms with van der Waals surface area (Å²) < 4.78 is 67.0. The zero-order valence-electron chi connectivity index (χ0n) is 20.1. The lowest BCUT2D eigenvalue weighted by molar-refractivity contribution is 0.579. The molecule has 3 aromatic rings. The Kier molecular flexibility index (Phi) is 8.41. The van der Waals surface area contributed by atoms with Crippen LogP contribution in [0.25, 0.3) is 0 Å². The van der Waals surface area contributed by atoms with Gasteiger partial charge in [-0.05, 0) is 54.6 Å². The molecule has 4 rings (SSSR count). The van der Waals surface area contributed by atoms with Crippen LogP contribution in [0.1, 0.15) is 18.0 Å². The minimum absolute atomic E-state index is 0.0727. The van der Waals surface area contributed by atoms with Crippen LogP contribution in [-0.4, -0.2) is 46.9 Å². The summed E-state index contributed by atoms with van der Waals surface area (Å²) in [5, 5.41) is 7.03. The van der Waals surface area contributed by atoms with Gasteiger partial charge in [0.05, 0.1) is 28.9 Å². The first-order valence-corrected chi connectivity index (χ1v) is 15.6. The summed E-state index contributed by atoms with van der Waals surface area (Å²) in [5.41, 5.74) is 1.14. The molecule has 1 aliphatic rings. The number of nitrogens with one attached hydrogen (secondary N) is 1. The fraction of sp³-hybridized carbons (Fsp3) is 0.200. The summed E-state index contributed by atoms with van der Waals surface area (Å²) in [6.45, 7) is -0.207. The van der Waals surface area contributed by atoms with Gasteiger partial charge in [0.25, 0.3) is 10.0 Å². The largest absolute Gasteiger partial charge is 0.265 e. The fourth-order valence-electron chi connectivity index (χ4n) is 3.78. The molecular formula is C25H23Cl2FN4O4S2. The molecule has 1 unspecified atom stereocenters. The molecule has 1 N–H and O–H groups in total. The van der Waals surface area contributed by atoms with Crippen LogP contribution in [0.15, 0.2) is 87.8 Å². The van der Waals surface area contributed by atoms with E-state index in [1.54, 1.807) is 47.5 Å². The third kappa shape index (κ3) is 6.90. The predicted molar refractivity (Wildman–Crippen MR) is 149 cm³/mol. The van der Waals surface area contributed by atoms with Gasteiger partial charge >= 0.3 is 0 Å². The fourth-order valence-corrected chi connectivity index (χ4v) is 5.50.